The van der Waals surface area contributed by atoms with Gasteiger partial charge in [0.2, 0.25) is 0 Å². The summed E-state index contributed by atoms with van der Waals surface area (Å²) in [6, 6.07) is 0. The Morgan fingerprint density at radius 3 is 3.00 bits per heavy atom. The molecule has 0 amide bonds. The van der Waals surface area contributed by atoms with Gasteiger partial charge in [-0.1, -0.05) is 0 Å². The number of hydrogen-bond acceptors (Lipinski definition) is 3. The molecule has 0 radical (unpaired) electrons. The van der Waals surface area contributed by atoms with Crippen LogP contribution in [0.15, 0.2) is 0 Å². The summed E-state index contributed by atoms with van der Waals surface area (Å²) in [6.45, 7) is 6.26. The van der Waals surface area contributed by atoms with Gasteiger partial charge >= 0.3 is 0 Å². The summed E-state index contributed by atoms with van der Waals surface area (Å²) in [7, 11) is 0. The first-order chi connectivity index (χ1) is 5.90. The maximum Gasteiger partial charge on any atom is 0.0510 e. The molecule has 2 heterocycles. The summed E-state index contributed by atoms with van der Waals surface area (Å²) < 4.78 is 5.46. The van der Waals surface area contributed by atoms with E-state index in [-0.39, 0.29) is 0 Å². The molecule has 0 spiro atoms. The fourth-order valence-electron chi connectivity index (χ4n) is 2.32. The van der Waals surface area contributed by atoms with Gasteiger partial charge in [-0.2, -0.15) is 0 Å². The molecule has 2 unspecified atom stereocenters. The summed E-state index contributed by atoms with van der Waals surface area (Å²) in [5.41, 5.74) is 5.52. The van der Waals surface area contributed by atoms with Crippen LogP contribution in [0.2, 0.25) is 0 Å². The molecular weight excluding hydrogens is 152 g/mol. The van der Waals surface area contributed by atoms with Crippen LogP contribution in [0.4, 0.5) is 0 Å². The van der Waals surface area contributed by atoms with E-state index in [9.17, 15) is 0 Å². The molecule has 0 bridgehead atoms. The van der Waals surface area contributed by atoms with Crippen LogP contribution in [0.1, 0.15) is 6.42 Å². The Labute approximate surface area is 73.9 Å². The zero-order chi connectivity index (χ0) is 8.39. The van der Waals surface area contributed by atoms with Gasteiger partial charge < -0.3 is 15.4 Å². The van der Waals surface area contributed by atoms with E-state index >= 15 is 0 Å². The summed E-state index contributed by atoms with van der Waals surface area (Å²) in [5, 5.41) is 0. The van der Waals surface area contributed by atoms with Gasteiger partial charge in [0.05, 0.1) is 6.61 Å². The fourth-order valence-corrected chi connectivity index (χ4v) is 2.32. The average Bonchev–Trinajstić information content (AvgIpc) is 2.51. The third-order valence-electron chi connectivity index (χ3n) is 3.08. The van der Waals surface area contributed by atoms with Gasteiger partial charge in [0.25, 0.3) is 0 Å². The highest BCUT2D eigenvalue weighted by Gasteiger charge is 2.33. The van der Waals surface area contributed by atoms with Crippen molar-refractivity contribution in [2.45, 2.75) is 6.42 Å². The van der Waals surface area contributed by atoms with Crippen molar-refractivity contribution in [3.8, 4) is 0 Å². The quantitative estimate of drug-likeness (QED) is 0.629. The van der Waals surface area contributed by atoms with Crippen LogP contribution in [0.25, 0.3) is 0 Å². The predicted octanol–water partition coefficient (Wildman–Crippen LogP) is -0.0866. The lowest BCUT2D eigenvalue weighted by Crippen LogP contribution is -2.42. The first-order valence-electron chi connectivity index (χ1n) is 4.90. The second kappa shape index (κ2) is 3.73. The van der Waals surface area contributed by atoms with Crippen LogP contribution in [0, 0.1) is 11.8 Å². The standard InChI is InChI=1S/C9H18N2O/c10-2-4-11-3-1-8-6-12-7-9(8)5-11/h8-9H,1-7,10H2. The molecule has 3 heteroatoms. The second-order valence-corrected chi connectivity index (χ2v) is 3.94. The molecule has 0 aromatic heterocycles. The Kier molecular flexibility index (Phi) is 2.63. The molecule has 0 aromatic carbocycles. The van der Waals surface area contributed by atoms with E-state index < -0.39 is 0 Å². The molecule has 2 aliphatic heterocycles. The van der Waals surface area contributed by atoms with Crippen molar-refractivity contribution in [3.63, 3.8) is 0 Å². The highest BCUT2D eigenvalue weighted by atomic mass is 16.5. The summed E-state index contributed by atoms with van der Waals surface area (Å²) in [6.07, 6.45) is 1.31. The largest absolute Gasteiger partial charge is 0.381 e. The van der Waals surface area contributed by atoms with Gasteiger partial charge in [-0.15, -0.1) is 0 Å². The number of nitrogens with zero attached hydrogens (tertiary/aromatic N) is 1. The van der Waals surface area contributed by atoms with Crippen molar-refractivity contribution in [3.05, 3.63) is 0 Å². The molecule has 3 nitrogen and oxygen atoms in total. The predicted molar refractivity (Wildman–Crippen MR) is 47.9 cm³/mol. The van der Waals surface area contributed by atoms with Gasteiger partial charge in [-0.25, -0.2) is 0 Å². The molecule has 0 aromatic rings. The molecule has 2 aliphatic rings. The van der Waals surface area contributed by atoms with Crippen LogP contribution in [-0.2, 0) is 4.74 Å². The lowest BCUT2D eigenvalue weighted by molar-refractivity contribution is 0.150. The van der Waals surface area contributed by atoms with Crippen LogP contribution >= 0.6 is 0 Å². The smallest absolute Gasteiger partial charge is 0.0510 e. The first-order valence-corrected chi connectivity index (χ1v) is 4.90. The second-order valence-electron chi connectivity index (χ2n) is 3.94. The van der Waals surface area contributed by atoms with Crippen molar-refractivity contribution < 1.29 is 4.74 Å². The van der Waals surface area contributed by atoms with Gasteiger partial charge in [0, 0.05) is 32.2 Å². The maximum atomic E-state index is 5.52. The van der Waals surface area contributed by atoms with E-state index in [1.165, 1.54) is 19.5 Å². The van der Waals surface area contributed by atoms with Crippen LogP contribution < -0.4 is 5.73 Å². The Morgan fingerprint density at radius 2 is 2.17 bits per heavy atom. The van der Waals surface area contributed by atoms with Crippen LogP contribution in [-0.4, -0.2) is 44.3 Å². The highest BCUT2D eigenvalue weighted by Crippen LogP contribution is 2.28. The van der Waals surface area contributed by atoms with E-state index in [1.807, 2.05) is 0 Å². The number of hydrogen-bond donors (Lipinski definition) is 1. The lowest BCUT2D eigenvalue weighted by atomic mass is 9.89. The van der Waals surface area contributed by atoms with Crippen molar-refractivity contribution >= 4 is 0 Å². The zero-order valence-electron chi connectivity index (χ0n) is 7.54. The molecule has 12 heavy (non-hydrogen) atoms. The summed E-state index contributed by atoms with van der Waals surface area (Å²) in [5.74, 6) is 1.64. The number of piperidine rings is 1. The van der Waals surface area contributed by atoms with Crippen molar-refractivity contribution in [2.75, 3.05) is 39.4 Å². The van der Waals surface area contributed by atoms with E-state index in [0.717, 1.165) is 38.1 Å². The van der Waals surface area contributed by atoms with E-state index in [2.05, 4.69) is 4.90 Å². The van der Waals surface area contributed by atoms with Crippen molar-refractivity contribution in [1.82, 2.24) is 4.90 Å². The van der Waals surface area contributed by atoms with E-state index in [0.29, 0.717) is 0 Å². The Bertz CT molecular complexity index is 151. The van der Waals surface area contributed by atoms with Crippen LogP contribution in [0.3, 0.4) is 0 Å². The van der Waals surface area contributed by atoms with Crippen molar-refractivity contribution in [1.29, 1.82) is 0 Å². The minimum atomic E-state index is 0.790. The number of fused-ring (bicyclic) bond motifs is 1. The summed E-state index contributed by atoms with van der Waals surface area (Å²) >= 11 is 0. The Balaban J connectivity index is 1.84. The first kappa shape index (κ1) is 8.48. The molecule has 0 aliphatic carbocycles. The SMILES string of the molecule is NCCN1CCC2COCC2C1. The monoisotopic (exact) mass is 170 g/mol. The molecule has 2 rings (SSSR count). The van der Waals surface area contributed by atoms with Crippen LogP contribution in [0.5, 0.6) is 0 Å². The van der Waals surface area contributed by atoms with E-state index in [1.54, 1.807) is 0 Å². The topological polar surface area (TPSA) is 38.5 Å². The Morgan fingerprint density at radius 1 is 1.33 bits per heavy atom. The number of nitrogens with two attached hydrogens (primary N) is 1. The maximum absolute atomic E-state index is 5.52. The highest BCUT2D eigenvalue weighted by molar-refractivity contribution is 4.83. The molecule has 0 saturated carbocycles. The fraction of sp³-hybridized carbons (Fsp3) is 1.00. The summed E-state index contributed by atoms with van der Waals surface area (Å²) in [4.78, 5) is 2.47. The van der Waals surface area contributed by atoms with Gasteiger partial charge in [-0.05, 0) is 18.9 Å². The number of likely N-dealkylation sites (tertiary alicyclic amines) is 1. The van der Waals surface area contributed by atoms with Gasteiger partial charge in [0.15, 0.2) is 0 Å². The minimum Gasteiger partial charge on any atom is -0.381 e. The number of rotatable bonds is 2. The average molecular weight is 170 g/mol. The van der Waals surface area contributed by atoms with Gasteiger partial charge in [-0.3, -0.25) is 0 Å². The number of ether oxygens (including phenoxy) is 1. The van der Waals surface area contributed by atoms with E-state index in [4.69, 9.17) is 10.5 Å². The molecule has 2 N–H and O–H groups in total. The normalized spacial score (nSPS) is 36.8. The third-order valence-corrected chi connectivity index (χ3v) is 3.08. The Hall–Kier alpha value is -0.120. The molecule has 2 saturated heterocycles. The molecule has 2 fully saturated rings. The molecule has 2 atom stereocenters. The third kappa shape index (κ3) is 1.63. The lowest BCUT2D eigenvalue weighted by Gasteiger charge is -2.33. The minimum absolute atomic E-state index is 0.790. The zero-order valence-corrected chi connectivity index (χ0v) is 7.54. The van der Waals surface area contributed by atoms with Gasteiger partial charge in [0.1, 0.15) is 0 Å². The van der Waals surface area contributed by atoms with Crippen molar-refractivity contribution in [2.24, 2.45) is 17.6 Å². The molecule has 70 valence electrons. The molecular formula is C9H18N2O.